The first kappa shape index (κ1) is 18.5. The SMILES string of the molecule is CCNC(=NCC1CCCC1O)N1CCc2ccccc2C1.I. The third-order valence-corrected chi connectivity index (χ3v) is 4.86. The zero-order valence-corrected chi connectivity index (χ0v) is 16.2. The molecule has 1 saturated carbocycles. The van der Waals surface area contributed by atoms with Gasteiger partial charge in [0.05, 0.1) is 6.10 Å². The molecule has 0 aromatic heterocycles. The van der Waals surface area contributed by atoms with Crippen molar-refractivity contribution in [2.24, 2.45) is 10.9 Å². The van der Waals surface area contributed by atoms with Gasteiger partial charge in [-0.2, -0.15) is 0 Å². The average molecular weight is 429 g/mol. The molecule has 1 fully saturated rings. The highest BCUT2D eigenvalue weighted by atomic mass is 127. The van der Waals surface area contributed by atoms with Gasteiger partial charge in [0.15, 0.2) is 5.96 Å². The summed E-state index contributed by atoms with van der Waals surface area (Å²) in [7, 11) is 0. The van der Waals surface area contributed by atoms with E-state index in [0.29, 0.717) is 5.92 Å². The summed E-state index contributed by atoms with van der Waals surface area (Å²) >= 11 is 0. The Balaban J connectivity index is 0.00000192. The van der Waals surface area contributed by atoms with Crippen molar-refractivity contribution in [2.75, 3.05) is 19.6 Å². The fourth-order valence-electron chi connectivity index (χ4n) is 3.54. The summed E-state index contributed by atoms with van der Waals surface area (Å²) in [4.78, 5) is 7.15. The molecule has 0 bridgehead atoms. The molecule has 5 heteroatoms. The molecule has 1 heterocycles. The maximum atomic E-state index is 9.97. The minimum absolute atomic E-state index is 0. The first-order chi connectivity index (χ1) is 10.8. The Morgan fingerprint density at radius 3 is 2.78 bits per heavy atom. The monoisotopic (exact) mass is 429 g/mol. The average Bonchev–Trinajstić information content (AvgIpc) is 2.96. The Bertz CT molecular complexity index is 535. The molecule has 0 saturated heterocycles. The zero-order valence-electron chi connectivity index (χ0n) is 13.9. The van der Waals surface area contributed by atoms with Crippen LogP contribution in [0.15, 0.2) is 29.3 Å². The summed E-state index contributed by atoms with van der Waals surface area (Å²) < 4.78 is 0. The van der Waals surface area contributed by atoms with Crippen molar-refractivity contribution in [1.82, 2.24) is 10.2 Å². The molecule has 1 aliphatic heterocycles. The van der Waals surface area contributed by atoms with Crippen LogP contribution in [0.2, 0.25) is 0 Å². The van der Waals surface area contributed by atoms with Crippen molar-refractivity contribution < 1.29 is 5.11 Å². The van der Waals surface area contributed by atoms with E-state index >= 15 is 0 Å². The van der Waals surface area contributed by atoms with E-state index in [2.05, 4.69) is 41.4 Å². The fraction of sp³-hybridized carbons (Fsp3) is 0.611. The molecule has 1 aliphatic carbocycles. The Morgan fingerprint density at radius 1 is 1.30 bits per heavy atom. The number of halogens is 1. The number of hydrogen-bond donors (Lipinski definition) is 2. The lowest BCUT2D eigenvalue weighted by Gasteiger charge is -2.32. The number of rotatable bonds is 3. The number of nitrogens with zero attached hydrogens (tertiary/aromatic N) is 2. The topological polar surface area (TPSA) is 47.9 Å². The Labute approximate surface area is 156 Å². The second-order valence-corrected chi connectivity index (χ2v) is 6.39. The highest BCUT2D eigenvalue weighted by Gasteiger charge is 2.25. The van der Waals surface area contributed by atoms with Gasteiger partial charge in [-0.3, -0.25) is 4.99 Å². The molecular formula is C18H28IN3O. The number of benzene rings is 1. The number of aliphatic imine (C=N–C) groups is 1. The minimum Gasteiger partial charge on any atom is -0.393 e. The van der Waals surface area contributed by atoms with Gasteiger partial charge in [0.25, 0.3) is 0 Å². The van der Waals surface area contributed by atoms with Crippen molar-refractivity contribution in [1.29, 1.82) is 0 Å². The van der Waals surface area contributed by atoms with E-state index in [-0.39, 0.29) is 30.1 Å². The molecule has 3 rings (SSSR count). The van der Waals surface area contributed by atoms with Crippen LogP contribution in [-0.2, 0) is 13.0 Å². The van der Waals surface area contributed by atoms with Crippen molar-refractivity contribution >= 4 is 29.9 Å². The van der Waals surface area contributed by atoms with Crippen LogP contribution >= 0.6 is 24.0 Å². The smallest absolute Gasteiger partial charge is 0.194 e. The van der Waals surface area contributed by atoms with Gasteiger partial charge in [-0.1, -0.05) is 30.7 Å². The van der Waals surface area contributed by atoms with Crippen molar-refractivity contribution in [2.45, 2.75) is 45.3 Å². The molecular weight excluding hydrogens is 401 g/mol. The second-order valence-electron chi connectivity index (χ2n) is 6.39. The second kappa shape index (κ2) is 8.87. The van der Waals surface area contributed by atoms with Crippen molar-refractivity contribution in [3.05, 3.63) is 35.4 Å². The highest BCUT2D eigenvalue weighted by Crippen LogP contribution is 2.26. The van der Waals surface area contributed by atoms with E-state index in [1.807, 2.05) is 0 Å². The van der Waals surface area contributed by atoms with Crippen LogP contribution in [-0.4, -0.2) is 41.7 Å². The fourth-order valence-corrected chi connectivity index (χ4v) is 3.54. The summed E-state index contributed by atoms with van der Waals surface area (Å²) in [6.45, 7) is 5.66. The van der Waals surface area contributed by atoms with Gasteiger partial charge < -0.3 is 15.3 Å². The summed E-state index contributed by atoms with van der Waals surface area (Å²) in [6, 6.07) is 8.67. The van der Waals surface area contributed by atoms with E-state index in [1.54, 1.807) is 0 Å². The molecule has 1 aromatic rings. The first-order valence-corrected chi connectivity index (χ1v) is 8.56. The van der Waals surface area contributed by atoms with E-state index in [0.717, 1.165) is 57.8 Å². The van der Waals surface area contributed by atoms with Gasteiger partial charge in [-0.05, 0) is 37.3 Å². The van der Waals surface area contributed by atoms with Crippen LogP contribution in [0.3, 0.4) is 0 Å². The Hall–Kier alpha value is -0.820. The number of nitrogens with one attached hydrogen (secondary N) is 1. The molecule has 4 nitrogen and oxygen atoms in total. The molecule has 2 N–H and O–H groups in total. The highest BCUT2D eigenvalue weighted by molar-refractivity contribution is 14.0. The van der Waals surface area contributed by atoms with Crippen molar-refractivity contribution in [3.63, 3.8) is 0 Å². The largest absolute Gasteiger partial charge is 0.393 e. The molecule has 128 valence electrons. The minimum atomic E-state index is -0.159. The molecule has 2 atom stereocenters. The predicted octanol–water partition coefficient (Wildman–Crippen LogP) is 2.79. The molecule has 0 amide bonds. The van der Waals surface area contributed by atoms with Crippen LogP contribution < -0.4 is 5.32 Å². The van der Waals surface area contributed by atoms with Gasteiger partial charge in [-0.25, -0.2) is 0 Å². The number of aliphatic hydroxyl groups is 1. The summed E-state index contributed by atoms with van der Waals surface area (Å²) in [5, 5.41) is 13.4. The number of fused-ring (bicyclic) bond motifs is 1. The van der Waals surface area contributed by atoms with Gasteiger partial charge >= 0.3 is 0 Å². The van der Waals surface area contributed by atoms with Crippen LogP contribution in [0.4, 0.5) is 0 Å². The number of aliphatic hydroxyl groups excluding tert-OH is 1. The van der Waals surface area contributed by atoms with E-state index < -0.39 is 0 Å². The van der Waals surface area contributed by atoms with Crippen molar-refractivity contribution in [3.8, 4) is 0 Å². The first-order valence-electron chi connectivity index (χ1n) is 8.56. The summed E-state index contributed by atoms with van der Waals surface area (Å²) in [6.07, 6.45) is 4.09. The molecule has 23 heavy (non-hydrogen) atoms. The van der Waals surface area contributed by atoms with Gasteiger partial charge in [0.1, 0.15) is 0 Å². The lowest BCUT2D eigenvalue weighted by atomic mass is 10.0. The normalized spacial score (nSPS) is 24.1. The predicted molar refractivity (Wildman–Crippen MR) is 105 cm³/mol. The van der Waals surface area contributed by atoms with E-state index in [9.17, 15) is 5.11 Å². The zero-order chi connectivity index (χ0) is 15.4. The number of hydrogen-bond acceptors (Lipinski definition) is 2. The maximum Gasteiger partial charge on any atom is 0.194 e. The summed E-state index contributed by atoms with van der Waals surface area (Å²) in [5.41, 5.74) is 2.86. The molecule has 1 aromatic carbocycles. The Morgan fingerprint density at radius 2 is 2.09 bits per heavy atom. The Kier molecular flexibility index (Phi) is 7.14. The quantitative estimate of drug-likeness (QED) is 0.442. The van der Waals surface area contributed by atoms with E-state index in [4.69, 9.17) is 4.99 Å². The number of guanidine groups is 1. The molecule has 0 radical (unpaired) electrons. The lowest BCUT2D eigenvalue weighted by molar-refractivity contribution is 0.136. The lowest BCUT2D eigenvalue weighted by Crippen LogP contribution is -2.44. The molecule has 2 aliphatic rings. The van der Waals surface area contributed by atoms with Gasteiger partial charge in [0, 0.05) is 32.1 Å². The van der Waals surface area contributed by atoms with Gasteiger partial charge in [-0.15, -0.1) is 24.0 Å². The van der Waals surface area contributed by atoms with E-state index in [1.165, 1.54) is 11.1 Å². The van der Waals surface area contributed by atoms with Gasteiger partial charge in [0.2, 0.25) is 0 Å². The third kappa shape index (κ3) is 4.59. The maximum absolute atomic E-state index is 9.97. The molecule has 2 unspecified atom stereocenters. The standard InChI is InChI=1S/C18H27N3O.HI/c1-2-19-18(20-12-15-8-5-9-17(15)22)21-11-10-14-6-3-4-7-16(14)13-21;/h3-4,6-7,15,17,22H,2,5,8-13H2,1H3,(H,19,20);1H. The summed E-state index contributed by atoms with van der Waals surface area (Å²) in [5.74, 6) is 1.34. The van der Waals surface area contributed by atoms with Crippen LogP contribution in [0.1, 0.15) is 37.3 Å². The third-order valence-electron chi connectivity index (χ3n) is 4.86. The van der Waals surface area contributed by atoms with Crippen LogP contribution in [0.5, 0.6) is 0 Å². The van der Waals surface area contributed by atoms with Crippen LogP contribution in [0, 0.1) is 5.92 Å². The van der Waals surface area contributed by atoms with Crippen LogP contribution in [0.25, 0.3) is 0 Å². The molecule has 0 spiro atoms.